The predicted molar refractivity (Wildman–Crippen MR) is 70.3 cm³/mol. The Bertz CT molecular complexity index is 692. The van der Waals surface area contributed by atoms with Crippen LogP contribution in [-0.4, -0.2) is 37.1 Å². The molecule has 2 aliphatic rings. The SMILES string of the molecule is N#C[C@H]1[C@H](S(=O)(=O)c2ccccc2)[C@H]2C=C[C@]1(CO)O2. The lowest BCUT2D eigenvalue weighted by Crippen LogP contribution is -2.43. The molecule has 5 nitrogen and oxygen atoms in total. The predicted octanol–water partition coefficient (Wildman–Crippen LogP) is 0.668. The van der Waals surface area contributed by atoms with E-state index in [2.05, 4.69) is 0 Å². The van der Waals surface area contributed by atoms with E-state index in [-0.39, 0.29) is 4.90 Å². The van der Waals surface area contributed by atoms with Crippen LogP contribution in [0.3, 0.4) is 0 Å². The topological polar surface area (TPSA) is 87.4 Å². The normalized spacial score (nSPS) is 35.1. The monoisotopic (exact) mass is 291 g/mol. The van der Waals surface area contributed by atoms with Crippen molar-refractivity contribution in [3.63, 3.8) is 0 Å². The minimum atomic E-state index is -3.69. The summed E-state index contributed by atoms with van der Waals surface area (Å²) in [5.41, 5.74) is -1.19. The highest BCUT2D eigenvalue weighted by atomic mass is 32.2. The lowest BCUT2D eigenvalue weighted by Gasteiger charge is -2.26. The molecule has 1 N–H and O–H groups in total. The molecule has 0 aliphatic carbocycles. The van der Waals surface area contributed by atoms with Gasteiger partial charge in [-0.25, -0.2) is 8.42 Å². The zero-order chi connectivity index (χ0) is 14.4. The summed E-state index contributed by atoms with van der Waals surface area (Å²) >= 11 is 0. The molecular formula is C14H13NO4S. The third kappa shape index (κ3) is 1.64. The molecule has 0 spiro atoms. The van der Waals surface area contributed by atoms with E-state index in [0.29, 0.717) is 0 Å². The maximum atomic E-state index is 12.7. The summed E-state index contributed by atoms with van der Waals surface area (Å²) in [6.45, 7) is -0.404. The minimum Gasteiger partial charge on any atom is -0.393 e. The molecule has 104 valence electrons. The largest absolute Gasteiger partial charge is 0.393 e. The second kappa shape index (κ2) is 4.42. The Balaban J connectivity index is 2.08. The summed E-state index contributed by atoms with van der Waals surface area (Å²) in [7, 11) is -3.69. The molecule has 1 aromatic rings. The van der Waals surface area contributed by atoms with E-state index in [1.54, 1.807) is 30.4 Å². The first-order chi connectivity index (χ1) is 9.55. The fourth-order valence-electron chi connectivity index (χ4n) is 2.91. The van der Waals surface area contributed by atoms with Crippen molar-refractivity contribution in [2.24, 2.45) is 5.92 Å². The summed E-state index contributed by atoms with van der Waals surface area (Å²) in [6.07, 6.45) is 2.54. The van der Waals surface area contributed by atoms with Gasteiger partial charge in [0.25, 0.3) is 0 Å². The molecule has 1 aromatic carbocycles. The van der Waals surface area contributed by atoms with Gasteiger partial charge in [-0.2, -0.15) is 5.26 Å². The van der Waals surface area contributed by atoms with Crippen molar-refractivity contribution in [1.82, 2.24) is 0 Å². The molecule has 2 heterocycles. The second-order valence-corrected chi connectivity index (χ2v) is 7.09. The van der Waals surface area contributed by atoms with Crippen molar-refractivity contribution in [2.45, 2.75) is 21.9 Å². The van der Waals surface area contributed by atoms with Crippen molar-refractivity contribution in [2.75, 3.05) is 6.61 Å². The zero-order valence-corrected chi connectivity index (χ0v) is 11.3. The van der Waals surface area contributed by atoms with Gasteiger partial charge in [-0.3, -0.25) is 0 Å². The number of hydrogen-bond donors (Lipinski definition) is 1. The van der Waals surface area contributed by atoms with E-state index in [9.17, 15) is 18.8 Å². The molecule has 0 amide bonds. The Hall–Kier alpha value is -1.68. The molecule has 0 radical (unpaired) electrons. The zero-order valence-electron chi connectivity index (χ0n) is 10.5. The van der Waals surface area contributed by atoms with Gasteiger partial charge in [0, 0.05) is 0 Å². The van der Waals surface area contributed by atoms with Gasteiger partial charge in [0.15, 0.2) is 9.84 Å². The smallest absolute Gasteiger partial charge is 0.185 e. The Morgan fingerprint density at radius 2 is 2.05 bits per heavy atom. The van der Waals surface area contributed by atoms with Gasteiger partial charge in [0.1, 0.15) is 16.8 Å². The number of nitriles is 1. The summed E-state index contributed by atoms with van der Waals surface area (Å²) in [5, 5.41) is 17.8. The van der Waals surface area contributed by atoms with Crippen LogP contribution in [-0.2, 0) is 14.6 Å². The highest BCUT2D eigenvalue weighted by Gasteiger charge is 2.61. The molecule has 0 saturated carbocycles. The summed E-state index contributed by atoms with van der Waals surface area (Å²) in [4.78, 5) is 0.169. The molecule has 6 heteroatoms. The van der Waals surface area contributed by atoms with Gasteiger partial charge in [-0.15, -0.1) is 0 Å². The fourth-order valence-corrected chi connectivity index (χ4v) is 4.90. The summed E-state index contributed by atoms with van der Waals surface area (Å²) in [5.74, 6) is -0.910. The van der Waals surface area contributed by atoms with Gasteiger partial charge in [0.05, 0.1) is 23.7 Å². The van der Waals surface area contributed by atoms with Crippen LogP contribution in [0, 0.1) is 17.2 Å². The van der Waals surface area contributed by atoms with Crippen molar-refractivity contribution < 1.29 is 18.3 Å². The van der Waals surface area contributed by atoms with Crippen molar-refractivity contribution in [1.29, 1.82) is 5.26 Å². The molecule has 0 unspecified atom stereocenters. The first-order valence-corrected chi connectivity index (χ1v) is 7.76. The highest BCUT2D eigenvalue weighted by molar-refractivity contribution is 7.92. The van der Waals surface area contributed by atoms with Crippen LogP contribution in [0.1, 0.15) is 0 Å². The number of rotatable bonds is 3. The van der Waals surface area contributed by atoms with E-state index in [1.807, 2.05) is 6.07 Å². The van der Waals surface area contributed by atoms with Crippen molar-refractivity contribution >= 4 is 9.84 Å². The average Bonchev–Trinajstić information content (AvgIpc) is 3.04. The van der Waals surface area contributed by atoms with Crippen LogP contribution in [0.4, 0.5) is 0 Å². The Labute approximate surface area is 117 Å². The number of sulfone groups is 1. The first kappa shape index (κ1) is 13.3. The number of aliphatic hydroxyl groups excluding tert-OH is 1. The third-order valence-corrected chi connectivity index (χ3v) is 6.10. The molecule has 4 atom stereocenters. The van der Waals surface area contributed by atoms with E-state index < -0.39 is 39.3 Å². The molecule has 2 aliphatic heterocycles. The minimum absolute atomic E-state index is 0.169. The standard InChI is InChI=1S/C14H13NO4S/c15-8-11-13(12-6-7-14(11,9-16)19-12)20(17,18)10-4-2-1-3-5-10/h1-7,11-13,16H,9H2/t11-,12+,13-,14+/m0/s1. The van der Waals surface area contributed by atoms with Crippen LogP contribution < -0.4 is 0 Å². The van der Waals surface area contributed by atoms with Crippen molar-refractivity contribution in [3.05, 3.63) is 42.5 Å². The van der Waals surface area contributed by atoms with Gasteiger partial charge in [-0.1, -0.05) is 30.4 Å². The number of nitrogens with zero attached hydrogens (tertiary/aromatic N) is 1. The fraction of sp³-hybridized carbons (Fsp3) is 0.357. The second-order valence-electron chi connectivity index (χ2n) is 4.98. The van der Waals surface area contributed by atoms with Crippen LogP contribution in [0.15, 0.2) is 47.4 Å². The molecule has 2 bridgehead atoms. The third-order valence-electron chi connectivity index (χ3n) is 3.92. The Morgan fingerprint density at radius 3 is 2.65 bits per heavy atom. The number of ether oxygens (including phenoxy) is 1. The van der Waals surface area contributed by atoms with Crippen LogP contribution in [0.2, 0.25) is 0 Å². The van der Waals surface area contributed by atoms with Crippen LogP contribution in [0.25, 0.3) is 0 Å². The highest BCUT2D eigenvalue weighted by Crippen LogP contribution is 2.47. The first-order valence-electron chi connectivity index (χ1n) is 6.22. The lowest BCUT2D eigenvalue weighted by molar-refractivity contribution is -0.0198. The molecule has 1 fully saturated rings. The number of benzene rings is 1. The molecular weight excluding hydrogens is 278 g/mol. The maximum absolute atomic E-state index is 12.7. The molecule has 0 aromatic heterocycles. The van der Waals surface area contributed by atoms with Gasteiger partial charge >= 0.3 is 0 Å². The number of fused-ring (bicyclic) bond motifs is 2. The summed E-state index contributed by atoms with van der Waals surface area (Å²) in [6, 6.07) is 10.0. The number of hydrogen-bond acceptors (Lipinski definition) is 5. The van der Waals surface area contributed by atoms with E-state index >= 15 is 0 Å². The average molecular weight is 291 g/mol. The molecule has 20 heavy (non-hydrogen) atoms. The number of aliphatic hydroxyl groups is 1. The van der Waals surface area contributed by atoms with Gasteiger partial charge in [-0.05, 0) is 12.1 Å². The lowest BCUT2D eigenvalue weighted by atomic mass is 9.84. The Morgan fingerprint density at radius 1 is 1.35 bits per heavy atom. The summed E-state index contributed by atoms with van der Waals surface area (Å²) < 4.78 is 31.0. The molecule has 3 rings (SSSR count). The van der Waals surface area contributed by atoms with E-state index in [0.717, 1.165) is 0 Å². The van der Waals surface area contributed by atoms with E-state index in [4.69, 9.17) is 4.74 Å². The van der Waals surface area contributed by atoms with Gasteiger partial charge in [0.2, 0.25) is 0 Å². The molecule has 1 saturated heterocycles. The van der Waals surface area contributed by atoms with Crippen LogP contribution >= 0.6 is 0 Å². The van der Waals surface area contributed by atoms with Crippen molar-refractivity contribution in [3.8, 4) is 6.07 Å². The maximum Gasteiger partial charge on any atom is 0.185 e. The quantitative estimate of drug-likeness (QED) is 0.827. The van der Waals surface area contributed by atoms with Gasteiger partial charge < -0.3 is 9.84 Å². The Kier molecular flexibility index (Phi) is 2.94. The van der Waals surface area contributed by atoms with Crippen LogP contribution in [0.5, 0.6) is 0 Å². The van der Waals surface area contributed by atoms with E-state index in [1.165, 1.54) is 12.1 Å².